The lowest BCUT2D eigenvalue weighted by Crippen LogP contribution is -2.00. The van der Waals surface area contributed by atoms with Gasteiger partial charge in [0.15, 0.2) is 0 Å². The van der Waals surface area contributed by atoms with Gasteiger partial charge in [0.1, 0.15) is 5.82 Å². The van der Waals surface area contributed by atoms with Crippen LogP contribution in [0.25, 0.3) is 102 Å². The Balaban J connectivity index is 1.42. The summed E-state index contributed by atoms with van der Waals surface area (Å²) in [4.78, 5) is 5.49. The number of aromatic nitrogens is 2. The van der Waals surface area contributed by atoms with Crippen molar-refractivity contribution in [1.82, 2.24) is 9.55 Å². The van der Waals surface area contributed by atoms with Crippen molar-refractivity contribution < 1.29 is 0 Å². The van der Waals surface area contributed by atoms with E-state index in [0.717, 1.165) is 28.2 Å². The molecule has 3 heterocycles. The van der Waals surface area contributed by atoms with Crippen LogP contribution in [0, 0.1) is 0 Å². The van der Waals surface area contributed by atoms with Crippen molar-refractivity contribution in [3.63, 3.8) is 0 Å². The van der Waals surface area contributed by atoms with Crippen LogP contribution in [0.5, 0.6) is 0 Å². The molecule has 0 saturated heterocycles. The van der Waals surface area contributed by atoms with E-state index in [-0.39, 0.29) is 0 Å². The summed E-state index contributed by atoms with van der Waals surface area (Å²) in [7, 11) is 0. The second kappa shape index (κ2) is 10.6. The largest absolute Gasteiger partial charge is 0.292 e. The Morgan fingerprint density at radius 1 is 0.400 bits per heavy atom. The molecule has 0 N–H and O–H groups in total. The molecule has 50 heavy (non-hydrogen) atoms. The second-order valence-corrected chi connectivity index (χ2v) is 14.1. The number of benzene rings is 8. The molecule has 0 amide bonds. The van der Waals surface area contributed by atoms with Crippen molar-refractivity contribution in [3.8, 4) is 28.2 Å². The smallest absolute Gasteiger partial charge is 0.138 e. The van der Waals surface area contributed by atoms with Gasteiger partial charge < -0.3 is 0 Å². The van der Waals surface area contributed by atoms with Crippen molar-refractivity contribution in [2.45, 2.75) is 0 Å². The highest BCUT2D eigenvalue weighted by Crippen LogP contribution is 2.51. The minimum Gasteiger partial charge on any atom is -0.292 e. The Kier molecular flexibility index (Phi) is 5.86. The number of pyridine rings is 1. The van der Waals surface area contributed by atoms with Gasteiger partial charge in [-0.05, 0) is 56.9 Å². The molecular weight excluding hydrogens is 625 g/mol. The van der Waals surface area contributed by atoms with Crippen LogP contribution in [0.4, 0.5) is 0 Å². The Morgan fingerprint density at radius 2 is 0.940 bits per heavy atom. The van der Waals surface area contributed by atoms with Gasteiger partial charge in [0, 0.05) is 42.6 Å². The van der Waals surface area contributed by atoms with E-state index in [2.05, 4.69) is 174 Å². The Morgan fingerprint density at radius 3 is 1.64 bits per heavy atom. The van der Waals surface area contributed by atoms with E-state index in [9.17, 15) is 0 Å². The first-order chi connectivity index (χ1) is 24.8. The Bertz CT molecular complexity index is 3080. The summed E-state index contributed by atoms with van der Waals surface area (Å²) < 4.78 is 5.03. The maximum absolute atomic E-state index is 5.49. The minimum atomic E-state index is 0.916. The first-order valence-electron chi connectivity index (χ1n) is 17.1. The van der Waals surface area contributed by atoms with Crippen LogP contribution in [0.3, 0.4) is 0 Å². The summed E-state index contributed by atoms with van der Waals surface area (Å²) in [6.45, 7) is 0. The molecule has 0 radical (unpaired) electrons. The zero-order valence-electron chi connectivity index (χ0n) is 27.0. The molecule has 0 unspecified atom stereocenters. The molecule has 3 heteroatoms. The van der Waals surface area contributed by atoms with Crippen LogP contribution in [-0.2, 0) is 0 Å². The van der Waals surface area contributed by atoms with Gasteiger partial charge in [-0.25, -0.2) is 4.98 Å². The van der Waals surface area contributed by atoms with Gasteiger partial charge in [-0.2, -0.15) is 0 Å². The van der Waals surface area contributed by atoms with E-state index in [4.69, 9.17) is 4.98 Å². The van der Waals surface area contributed by atoms with Crippen molar-refractivity contribution in [1.29, 1.82) is 0 Å². The maximum atomic E-state index is 5.49. The third-order valence-corrected chi connectivity index (χ3v) is 11.5. The van der Waals surface area contributed by atoms with Crippen LogP contribution in [-0.4, -0.2) is 9.55 Å². The molecule has 3 aromatic heterocycles. The van der Waals surface area contributed by atoms with Crippen LogP contribution in [0.2, 0.25) is 0 Å². The topological polar surface area (TPSA) is 17.8 Å². The van der Waals surface area contributed by atoms with Gasteiger partial charge in [-0.1, -0.05) is 146 Å². The highest BCUT2D eigenvalue weighted by Gasteiger charge is 2.25. The average Bonchev–Trinajstić information content (AvgIpc) is 3.75. The molecule has 0 spiro atoms. The number of thiophene rings is 1. The normalized spacial score (nSPS) is 12.0. The van der Waals surface area contributed by atoms with E-state index in [1.165, 1.54) is 74.3 Å². The third kappa shape index (κ3) is 3.87. The van der Waals surface area contributed by atoms with Crippen molar-refractivity contribution in [3.05, 3.63) is 170 Å². The molecule has 0 fully saturated rings. The molecule has 0 aliphatic carbocycles. The van der Waals surface area contributed by atoms with Gasteiger partial charge in [0.2, 0.25) is 0 Å². The summed E-state index contributed by atoms with van der Waals surface area (Å²) in [6.07, 6.45) is 0. The lowest BCUT2D eigenvalue weighted by molar-refractivity contribution is 1.09. The number of hydrogen-bond donors (Lipinski definition) is 0. The first-order valence-corrected chi connectivity index (χ1v) is 17.9. The SMILES string of the molecule is c1ccc(-c2cc(-c3ccccc3)nc(-n3c4ccccc4c4c5c6ccccc6c6ccccc6c5c5c6ccccc6sc5c43)c2)cc1. The van der Waals surface area contributed by atoms with Crippen molar-refractivity contribution in [2.75, 3.05) is 0 Å². The lowest BCUT2D eigenvalue weighted by Gasteiger charge is -2.15. The van der Waals surface area contributed by atoms with Gasteiger partial charge in [0.05, 0.1) is 21.4 Å². The van der Waals surface area contributed by atoms with Gasteiger partial charge in [0.25, 0.3) is 0 Å². The molecule has 11 rings (SSSR count). The summed E-state index contributed by atoms with van der Waals surface area (Å²) >= 11 is 1.90. The van der Waals surface area contributed by atoms with Crippen LogP contribution < -0.4 is 0 Å². The number of fused-ring (bicyclic) bond motifs is 15. The summed E-state index contributed by atoms with van der Waals surface area (Å²) in [6, 6.07) is 61.5. The summed E-state index contributed by atoms with van der Waals surface area (Å²) in [5.41, 5.74) is 6.74. The molecule has 11 aromatic rings. The molecule has 2 nitrogen and oxygen atoms in total. The lowest BCUT2D eigenvalue weighted by atomic mass is 9.89. The van der Waals surface area contributed by atoms with Crippen LogP contribution in [0.15, 0.2) is 170 Å². The summed E-state index contributed by atoms with van der Waals surface area (Å²) in [5.74, 6) is 0.916. The molecule has 0 aliphatic heterocycles. The number of rotatable bonds is 3. The Hall–Kier alpha value is -6.29. The fraction of sp³-hybridized carbons (Fsp3) is 0. The minimum absolute atomic E-state index is 0.916. The second-order valence-electron chi connectivity index (χ2n) is 13.1. The van der Waals surface area contributed by atoms with Crippen molar-refractivity contribution >= 4 is 85.6 Å². The number of nitrogens with zero attached hydrogens (tertiary/aromatic N) is 2. The molecule has 0 saturated carbocycles. The molecular formula is C47H28N2S. The number of para-hydroxylation sites is 1. The predicted octanol–water partition coefficient (Wildman–Crippen LogP) is 13.3. The summed E-state index contributed by atoms with van der Waals surface area (Å²) in [5, 5.41) is 12.9. The predicted molar refractivity (Wildman–Crippen MR) is 215 cm³/mol. The monoisotopic (exact) mass is 652 g/mol. The highest BCUT2D eigenvalue weighted by molar-refractivity contribution is 7.27. The van der Waals surface area contributed by atoms with Crippen LogP contribution in [0.1, 0.15) is 0 Å². The molecule has 8 aromatic carbocycles. The highest BCUT2D eigenvalue weighted by atomic mass is 32.1. The number of hydrogen-bond acceptors (Lipinski definition) is 2. The quantitative estimate of drug-likeness (QED) is 0.174. The Labute approximate surface area is 292 Å². The fourth-order valence-electron chi connectivity index (χ4n) is 8.25. The van der Waals surface area contributed by atoms with E-state index >= 15 is 0 Å². The molecule has 0 aliphatic rings. The standard InChI is InChI=1S/C47H28N2S/c1-3-15-29(16-4-1)31-27-38(30-17-5-2-6-18-30)48-41(28-31)49-39-25-13-11-23-36(39)44-42-34-21-9-7-19-32(34)33-20-8-10-22-35(33)43(42)45-37-24-12-14-26-40(37)50-47(45)46(44)49/h1-28H. The van der Waals surface area contributed by atoms with E-state index in [0.29, 0.717) is 0 Å². The zero-order chi connectivity index (χ0) is 32.8. The van der Waals surface area contributed by atoms with Gasteiger partial charge >= 0.3 is 0 Å². The van der Waals surface area contributed by atoms with E-state index < -0.39 is 0 Å². The third-order valence-electron chi connectivity index (χ3n) is 10.3. The molecule has 0 bridgehead atoms. The molecule has 0 atom stereocenters. The maximum Gasteiger partial charge on any atom is 0.138 e. The zero-order valence-corrected chi connectivity index (χ0v) is 27.8. The van der Waals surface area contributed by atoms with Gasteiger partial charge in [-0.3, -0.25) is 4.57 Å². The van der Waals surface area contributed by atoms with Crippen molar-refractivity contribution in [2.24, 2.45) is 0 Å². The first kappa shape index (κ1) is 27.6. The van der Waals surface area contributed by atoms with E-state index in [1.807, 2.05) is 11.3 Å². The van der Waals surface area contributed by atoms with Gasteiger partial charge in [-0.15, -0.1) is 11.3 Å². The average molecular weight is 653 g/mol. The molecule has 232 valence electrons. The fourth-order valence-corrected chi connectivity index (χ4v) is 9.50. The van der Waals surface area contributed by atoms with Crippen LogP contribution >= 0.6 is 11.3 Å². The van der Waals surface area contributed by atoms with E-state index in [1.54, 1.807) is 0 Å².